The van der Waals surface area contributed by atoms with Gasteiger partial charge < -0.3 is 10.6 Å². The Hall–Kier alpha value is -1.18. The number of sulfonamides is 1. The fourth-order valence-corrected chi connectivity index (χ4v) is 4.21. The van der Waals surface area contributed by atoms with E-state index in [9.17, 15) is 12.8 Å². The van der Waals surface area contributed by atoms with E-state index in [2.05, 4.69) is 9.62 Å². The molecule has 1 unspecified atom stereocenters. The fourth-order valence-electron chi connectivity index (χ4n) is 2.91. The third kappa shape index (κ3) is 3.20. The smallest absolute Gasteiger partial charge is 0.245 e. The lowest BCUT2D eigenvalue weighted by Crippen LogP contribution is -2.32. The van der Waals surface area contributed by atoms with Crippen LogP contribution in [-0.2, 0) is 10.0 Å². The van der Waals surface area contributed by atoms with E-state index in [4.69, 9.17) is 5.73 Å². The summed E-state index contributed by atoms with van der Waals surface area (Å²) in [6.45, 7) is 2.28. The molecule has 1 atom stereocenters. The van der Waals surface area contributed by atoms with Gasteiger partial charge in [-0.1, -0.05) is 6.07 Å². The van der Waals surface area contributed by atoms with Crippen LogP contribution in [0.1, 0.15) is 19.3 Å². The summed E-state index contributed by atoms with van der Waals surface area (Å²) < 4.78 is 40.6. The minimum atomic E-state index is -3.90. The number of likely N-dealkylation sites (tertiary alicyclic amines) is 1. The highest BCUT2D eigenvalue weighted by atomic mass is 32.2. The number of hydrogen-bond donors (Lipinski definition) is 2. The van der Waals surface area contributed by atoms with E-state index in [-0.39, 0.29) is 11.6 Å². The molecule has 3 rings (SSSR count). The Morgan fingerprint density at radius 3 is 2.76 bits per heavy atom. The fraction of sp³-hybridized carbons (Fsp3) is 0.571. The normalized spacial score (nSPS) is 23.6. The number of halogens is 1. The molecule has 1 saturated carbocycles. The Morgan fingerprint density at radius 2 is 2.10 bits per heavy atom. The number of benzene rings is 1. The Labute approximate surface area is 124 Å². The van der Waals surface area contributed by atoms with Gasteiger partial charge in [-0.05, 0) is 43.9 Å². The average molecular weight is 313 g/mol. The minimum Gasteiger partial charge on any atom is -0.398 e. The van der Waals surface area contributed by atoms with Gasteiger partial charge in [-0.15, -0.1) is 0 Å². The third-order valence-corrected chi connectivity index (χ3v) is 5.72. The summed E-state index contributed by atoms with van der Waals surface area (Å²) in [7, 11) is -3.90. The molecule has 0 spiro atoms. The van der Waals surface area contributed by atoms with Crippen molar-refractivity contribution < 1.29 is 12.8 Å². The van der Waals surface area contributed by atoms with Gasteiger partial charge in [0, 0.05) is 19.1 Å². The van der Waals surface area contributed by atoms with E-state index < -0.39 is 20.7 Å². The lowest BCUT2D eigenvalue weighted by atomic mass is 10.1. The quantitative estimate of drug-likeness (QED) is 0.800. The SMILES string of the molecule is Nc1cccc(F)c1S(=O)(=O)NCC1CCN(C2CC2)C1. The largest absolute Gasteiger partial charge is 0.398 e. The Balaban J connectivity index is 1.64. The molecule has 1 heterocycles. The number of rotatable bonds is 5. The molecule has 5 nitrogen and oxygen atoms in total. The van der Waals surface area contributed by atoms with Gasteiger partial charge >= 0.3 is 0 Å². The van der Waals surface area contributed by atoms with Crippen molar-refractivity contribution in [3.8, 4) is 0 Å². The average Bonchev–Trinajstić information content (AvgIpc) is 3.15. The molecule has 1 saturated heterocycles. The lowest BCUT2D eigenvalue weighted by molar-refractivity contribution is 0.314. The monoisotopic (exact) mass is 313 g/mol. The maximum atomic E-state index is 13.7. The standard InChI is InChI=1S/C14H20FN3O2S/c15-12-2-1-3-13(16)14(12)21(19,20)17-8-10-6-7-18(9-10)11-4-5-11/h1-3,10-11,17H,4-9,16H2. The van der Waals surface area contributed by atoms with Gasteiger partial charge in [0.1, 0.15) is 10.7 Å². The highest BCUT2D eigenvalue weighted by Gasteiger charge is 2.34. The summed E-state index contributed by atoms with van der Waals surface area (Å²) in [6, 6.07) is 4.60. The van der Waals surface area contributed by atoms with Gasteiger partial charge in [0.05, 0.1) is 5.69 Å². The zero-order valence-electron chi connectivity index (χ0n) is 11.8. The second-order valence-corrected chi connectivity index (χ2v) is 7.59. The van der Waals surface area contributed by atoms with Crippen molar-refractivity contribution in [1.82, 2.24) is 9.62 Å². The van der Waals surface area contributed by atoms with E-state index >= 15 is 0 Å². The molecule has 2 fully saturated rings. The van der Waals surface area contributed by atoms with E-state index in [1.54, 1.807) is 0 Å². The number of nitrogens with zero attached hydrogens (tertiary/aromatic N) is 1. The molecular weight excluding hydrogens is 293 g/mol. The first-order chi connectivity index (χ1) is 9.97. The van der Waals surface area contributed by atoms with Crippen LogP contribution in [0.4, 0.5) is 10.1 Å². The van der Waals surface area contributed by atoms with Gasteiger partial charge in [-0.3, -0.25) is 0 Å². The van der Waals surface area contributed by atoms with Crippen LogP contribution >= 0.6 is 0 Å². The van der Waals surface area contributed by atoms with Crippen molar-refractivity contribution in [2.75, 3.05) is 25.4 Å². The van der Waals surface area contributed by atoms with Crippen LogP contribution in [0.2, 0.25) is 0 Å². The predicted octanol–water partition coefficient (Wildman–Crippen LogP) is 1.17. The first-order valence-corrected chi connectivity index (χ1v) is 8.73. The predicted molar refractivity (Wildman–Crippen MR) is 78.7 cm³/mol. The number of nitrogens with one attached hydrogen (secondary N) is 1. The molecule has 21 heavy (non-hydrogen) atoms. The molecule has 1 aliphatic heterocycles. The first kappa shape index (κ1) is 14.7. The second-order valence-electron chi connectivity index (χ2n) is 5.89. The Bertz CT molecular complexity index is 611. The van der Waals surface area contributed by atoms with Crippen molar-refractivity contribution in [2.24, 2.45) is 5.92 Å². The van der Waals surface area contributed by atoms with Crippen LogP contribution < -0.4 is 10.5 Å². The number of nitrogens with two attached hydrogens (primary N) is 1. The van der Waals surface area contributed by atoms with Crippen LogP contribution in [-0.4, -0.2) is 39.0 Å². The minimum absolute atomic E-state index is 0.0615. The van der Waals surface area contributed by atoms with Crippen molar-refractivity contribution >= 4 is 15.7 Å². The van der Waals surface area contributed by atoms with Crippen LogP contribution in [0.5, 0.6) is 0 Å². The molecule has 1 aromatic rings. The zero-order chi connectivity index (χ0) is 15.0. The van der Waals surface area contributed by atoms with Gasteiger partial charge in [0.15, 0.2) is 0 Å². The summed E-state index contributed by atoms with van der Waals surface area (Å²) in [5.74, 6) is -0.526. The summed E-state index contributed by atoms with van der Waals surface area (Å²) in [4.78, 5) is 1.97. The van der Waals surface area contributed by atoms with Gasteiger partial charge in [-0.2, -0.15) is 0 Å². The maximum Gasteiger partial charge on any atom is 0.245 e. The number of nitrogen functional groups attached to an aromatic ring is 1. The zero-order valence-corrected chi connectivity index (χ0v) is 12.6. The van der Waals surface area contributed by atoms with Crippen molar-refractivity contribution in [3.63, 3.8) is 0 Å². The molecule has 0 aromatic heterocycles. The van der Waals surface area contributed by atoms with E-state index in [0.717, 1.165) is 25.6 Å². The maximum absolute atomic E-state index is 13.7. The van der Waals surface area contributed by atoms with Crippen LogP contribution in [0, 0.1) is 11.7 Å². The first-order valence-electron chi connectivity index (χ1n) is 7.25. The molecule has 1 aliphatic carbocycles. The second kappa shape index (κ2) is 5.55. The third-order valence-electron chi connectivity index (χ3n) is 4.21. The number of anilines is 1. The van der Waals surface area contributed by atoms with Gasteiger partial charge in [0.25, 0.3) is 0 Å². The van der Waals surface area contributed by atoms with E-state index in [1.165, 1.54) is 25.0 Å². The topological polar surface area (TPSA) is 75.4 Å². The summed E-state index contributed by atoms with van der Waals surface area (Å²) in [6.07, 6.45) is 3.49. The molecule has 2 aliphatic rings. The van der Waals surface area contributed by atoms with Crippen LogP contribution in [0.25, 0.3) is 0 Å². The van der Waals surface area contributed by atoms with Crippen LogP contribution in [0.3, 0.4) is 0 Å². The van der Waals surface area contributed by atoms with E-state index in [1.807, 2.05) is 0 Å². The van der Waals surface area contributed by atoms with Gasteiger partial charge in [0.2, 0.25) is 10.0 Å². The molecule has 0 radical (unpaired) electrons. The lowest BCUT2D eigenvalue weighted by Gasteiger charge is -2.15. The van der Waals surface area contributed by atoms with Gasteiger partial charge in [-0.25, -0.2) is 17.5 Å². The molecular formula is C14H20FN3O2S. The highest BCUT2D eigenvalue weighted by Crippen LogP contribution is 2.31. The summed E-state index contributed by atoms with van der Waals surface area (Å²) in [5, 5.41) is 0. The number of hydrogen-bond acceptors (Lipinski definition) is 4. The molecule has 1 aromatic carbocycles. The summed E-state index contributed by atoms with van der Waals surface area (Å²) in [5.41, 5.74) is 5.53. The van der Waals surface area contributed by atoms with Crippen LogP contribution in [0.15, 0.2) is 23.1 Å². The molecule has 116 valence electrons. The highest BCUT2D eigenvalue weighted by molar-refractivity contribution is 7.89. The molecule has 0 amide bonds. The van der Waals surface area contributed by atoms with Crippen molar-refractivity contribution in [3.05, 3.63) is 24.0 Å². The molecule has 7 heteroatoms. The van der Waals surface area contributed by atoms with E-state index in [0.29, 0.717) is 12.6 Å². The molecule has 3 N–H and O–H groups in total. The van der Waals surface area contributed by atoms with Crippen molar-refractivity contribution in [1.29, 1.82) is 0 Å². The van der Waals surface area contributed by atoms with Crippen molar-refractivity contribution in [2.45, 2.75) is 30.2 Å². The Morgan fingerprint density at radius 1 is 1.33 bits per heavy atom. The molecule has 0 bridgehead atoms. The summed E-state index contributed by atoms with van der Waals surface area (Å²) >= 11 is 0. The Kier molecular flexibility index (Phi) is 3.90.